The number of carbonyl (C=O) groups excluding carboxylic acids is 2. The van der Waals surface area contributed by atoms with Crippen LogP contribution in [0, 0.1) is 0 Å². The van der Waals surface area contributed by atoms with Crippen molar-refractivity contribution < 1.29 is 14.7 Å². The second-order valence-electron chi connectivity index (χ2n) is 6.08. The predicted octanol–water partition coefficient (Wildman–Crippen LogP) is 1.36. The minimum absolute atomic E-state index is 0.00107. The summed E-state index contributed by atoms with van der Waals surface area (Å²) >= 11 is 1.27. The minimum atomic E-state index is -0.226. The van der Waals surface area contributed by atoms with Gasteiger partial charge in [-0.1, -0.05) is 36.0 Å². The average molecular weight is 386 g/mol. The summed E-state index contributed by atoms with van der Waals surface area (Å²) in [4.78, 5) is 30.7. The van der Waals surface area contributed by atoms with Crippen molar-refractivity contribution in [3.63, 3.8) is 0 Å². The van der Waals surface area contributed by atoms with Crippen molar-refractivity contribution in [3.05, 3.63) is 54.4 Å². The van der Waals surface area contributed by atoms with Crippen molar-refractivity contribution in [2.24, 2.45) is 0 Å². The van der Waals surface area contributed by atoms with E-state index < -0.39 is 0 Å². The first kappa shape index (κ1) is 19.2. The molecule has 1 aliphatic rings. The highest BCUT2D eigenvalue weighted by atomic mass is 32.2. The van der Waals surface area contributed by atoms with Crippen LogP contribution in [-0.4, -0.2) is 45.3 Å². The number of hydrogen-bond donors (Lipinski definition) is 2. The molecule has 0 bridgehead atoms. The lowest BCUT2D eigenvalue weighted by Gasteiger charge is -2.17. The summed E-state index contributed by atoms with van der Waals surface area (Å²) in [5.41, 5.74) is 2.68. The molecule has 0 fully saturated rings. The van der Waals surface area contributed by atoms with Crippen molar-refractivity contribution in [2.75, 3.05) is 23.7 Å². The lowest BCUT2D eigenvalue weighted by molar-refractivity contribution is -0.121. The van der Waals surface area contributed by atoms with Crippen molar-refractivity contribution in [1.29, 1.82) is 0 Å². The van der Waals surface area contributed by atoms with E-state index in [1.165, 1.54) is 23.5 Å². The molecular weight excluding hydrogens is 364 g/mol. The monoisotopic (exact) mass is 386 g/mol. The molecule has 1 aromatic heterocycles. The maximum absolute atomic E-state index is 12.7. The summed E-state index contributed by atoms with van der Waals surface area (Å²) in [5.74, 6) is 0.00946. The fourth-order valence-corrected chi connectivity index (χ4v) is 3.86. The zero-order valence-electron chi connectivity index (χ0n) is 14.9. The Hall–Kier alpha value is -2.58. The van der Waals surface area contributed by atoms with Crippen LogP contribution in [0.4, 0.5) is 5.69 Å². The molecule has 0 atom stereocenters. The van der Waals surface area contributed by atoms with Gasteiger partial charge >= 0.3 is 0 Å². The number of anilines is 1. The molecule has 7 nitrogen and oxygen atoms in total. The molecule has 2 amide bonds. The maximum atomic E-state index is 12.7. The minimum Gasteiger partial charge on any atom is -0.390 e. The predicted molar refractivity (Wildman–Crippen MR) is 105 cm³/mol. The Balaban J connectivity index is 1.66. The Morgan fingerprint density at radius 1 is 1.37 bits per heavy atom. The van der Waals surface area contributed by atoms with E-state index in [0.717, 1.165) is 12.1 Å². The highest BCUT2D eigenvalue weighted by molar-refractivity contribution is 7.99. The molecule has 1 aliphatic heterocycles. The van der Waals surface area contributed by atoms with E-state index >= 15 is 0 Å². The van der Waals surface area contributed by atoms with Crippen molar-refractivity contribution in [3.8, 4) is 0 Å². The molecule has 8 heteroatoms. The fraction of sp³-hybridized carbons (Fsp3) is 0.316. The molecule has 2 N–H and O–H groups in total. The summed E-state index contributed by atoms with van der Waals surface area (Å²) in [6.45, 7) is 4.42. The van der Waals surface area contributed by atoms with E-state index in [4.69, 9.17) is 0 Å². The van der Waals surface area contributed by atoms with Crippen molar-refractivity contribution >= 4 is 29.3 Å². The Labute approximate surface area is 162 Å². The van der Waals surface area contributed by atoms with E-state index in [0.29, 0.717) is 23.9 Å². The van der Waals surface area contributed by atoms with E-state index in [9.17, 15) is 14.7 Å². The van der Waals surface area contributed by atoms with Crippen LogP contribution in [0.25, 0.3) is 0 Å². The summed E-state index contributed by atoms with van der Waals surface area (Å²) in [6, 6.07) is 7.91. The van der Waals surface area contributed by atoms with Gasteiger partial charge in [0.15, 0.2) is 5.16 Å². The fourth-order valence-electron chi connectivity index (χ4n) is 2.99. The van der Waals surface area contributed by atoms with Gasteiger partial charge in [-0.05, 0) is 18.1 Å². The second kappa shape index (κ2) is 8.88. The molecule has 0 saturated heterocycles. The number of imidazole rings is 1. The smallest absolute Gasteiger partial charge is 0.240 e. The number of nitrogens with zero attached hydrogens (tertiary/aromatic N) is 3. The quantitative estimate of drug-likeness (QED) is 0.528. The van der Waals surface area contributed by atoms with Gasteiger partial charge in [0.1, 0.15) is 6.54 Å². The molecule has 142 valence electrons. The number of nitrogens with one attached hydrogen (secondary N) is 1. The van der Waals surface area contributed by atoms with Gasteiger partial charge in [-0.3, -0.25) is 9.59 Å². The van der Waals surface area contributed by atoms with Gasteiger partial charge in [0.2, 0.25) is 11.8 Å². The number of rotatable bonds is 8. The van der Waals surface area contributed by atoms with Crippen molar-refractivity contribution in [2.45, 2.75) is 24.7 Å². The summed E-state index contributed by atoms with van der Waals surface area (Å²) < 4.78 is 1.63. The van der Waals surface area contributed by atoms with Crippen molar-refractivity contribution in [1.82, 2.24) is 14.9 Å². The Kier molecular flexibility index (Phi) is 6.31. The molecule has 2 aromatic rings. The third-order valence-electron chi connectivity index (χ3n) is 4.32. The van der Waals surface area contributed by atoms with Crippen LogP contribution in [0.3, 0.4) is 0 Å². The van der Waals surface area contributed by atoms with Gasteiger partial charge in [0, 0.05) is 18.8 Å². The van der Waals surface area contributed by atoms with Crippen LogP contribution >= 0.6 is 11.8 Å². The molecule has 3 rings (SSSR count). The van der Waals surface area contributed by atoms with Gasteiger partial charge in [-0.2, -0.15) is 0 Å². The van der Waals surface area contributed by atoms with E-state index in [2.05, 4.69) is 16.9 Å². The molecule has 0 radical (unpaired) electrons. The van der Waals surface area contributed by atoms with Crippen LogP contribution in [-0.2, 0) is 29.2 Å². The first-order chi connectivity index (χ1) is 13.1. The van der Waals surface area contributed by atoms with Crippen LogP contribution in [0.1, 0.15) is 11.3 Å². The number of amides is 2. The molecule has 27 heavy (non-hydrogen) atoms. The third-order valence-corrected chi connectivity index (χ3v) is 5.30. The largest absolute Gasteiger partial charge is 0.390 e. The van der Waals surface area contributed by atoms with E-state index in [1.807, 2.05) is 24.3 Å². The molecule has 0 aliphatic carbocycles. The zero-order valence-corrected chi connectivity index (χ0v) is 15.7. The van der Waals surface area contributed by atoms with Crippen LogP contribution in [0.5, 0.6) is 0 Å². The number of aliphatic hydroxyl groups is 1. The number of fused-ring (bicyclic) bond motifs is 1. The van der Waals surface area contributed by atoms with Gasteiger partial charge in [-0.15, -0.1) is 6.58 Å². The highest BCUT2D eigenvalue weighted by Gasteiger charge is 2.24. The topological polar surface area (TPSA) is 87.5 Å². The lowest BCUT2D eigenvalue weighted by atomic mass is 10.2. The van der Waals surface area contributed by atoms with Crippen LogP contribution in [0.2, 0.25) is 0 Å². The summed E-state index contributed by atoms with van der Waals surface area (Å²) in [6.07, 6.45) is 3.99. The first-order valence-corrected chi connectivity index (χ1v) is 9.66. The Morgan fingerprint density at radius 2 is 2.19 bits per heavy atom. The number of para-hydroxylation sites is 1. The van der Waals surface area contributed by atoms with E-state index in [-0.39, 0.29) is 30.7 Å². The van der Waals surface area contributed by atoms with Crippen LogP contribution in [0.15, 0.2) is 48.3 Å². The second-order valence-corrected chi connectivity index (χ2v) is 7.02. The molecule has 1 aromatic carbocycles. The summed E-state index contributed by atoms with van der Waals surface area (Å²) in [5, 5.41) is 12.7. The van der Waals surface area contributed by atoms with Gasteiger partial charge < -0.3 is 19.9 Å². The lowest BCUT2D eigenvalue weighted by Crippen LogP contribution is -2.31. The number of hydrogen-bond acceptors (Lipinski definition) is 5. The Bertz CT molecular complexity index is 849. The number of thioether (sulfide) groups is 1. The molecular formula is C19H22N4O3S. The Morgan fingerprint density at radius 3 is 2.96 bits per heavy atom. The maximum Gasteiger partial charge on any atom is 0.240 e. The number of carbonyl (C=O) groups is 2. The number of benzene rings is 1. The third kappa shape index (κ3) is 4.40. The van der Waals surface area contributed by atoms with Crippen LogP contribution < -0.4 is 10.2 Å². The highest BCUT2D eigenvalue weighted by Crippen LogP contribution is 2.29. The standard InChI is InChI=1S/C19H22N4O3S/c1-2-8-20-17(25)11-23-15(12-24)10-21-19(23)27-13-18(26)22-9-7-14-5-3-4-6-16(14)22/h2-6,10,24H,1,7-9,11-13H2,(H,20,25). The molecule has 0 saturated carbocycles. The number of aliphatic hydroxyl groups excluding tert-OH is 1. The molecule has 2 heterocycles. The van der Waals surface area contributed by atoms with E-state index in [1.54, 1.807) is 15.5 Å². The number of aromatic nitrogens is 2. The SMILES string of the molecule is C=CCNC(=O)Cn1c(CO)cnc1SCC(=O)N1CCc2ccccc21. The first-order valence-electron chi connectivity index (χ1n) is 8.68. The normalized spacial score (nSPS) is 12.7. The average Bonchev–Trinajstić information content (AvgIpc) is 3.28. The van der Waals surface area contributed by atoms with Gasteiger partial charge in [0.25, 0.3) is 0 Å². The summed E-state index contributed by atoms with van der Waals surface area (Å²) in [7, 11) is 0. The molecule has 0 spiro atoms. The van der Waals surface area contributed by atoms with Gasteiger partial charge in [-0.25, -0.2) is 4.98 Å². The zero-order chi connectivity index (χ0) is 19.2. The molecule has 0 unspecified atom stereocenters. The van der Waals surface area contributed by atoms with Gasteiger partial charge in [0.05, 0.1) is 24.3 Å².